The molecule has 9 heteroatoms. The van der Waals surface area contributed by atoms with E-state index >= 15 is 0 Å². The minimum Gasteiger partial charge on any atom is -0.352 e. The van der Waals surface area contributed by atoms with Gasteiger partial charge in [-0.3, -0.25) is 9.59 Å². The Hall–Kier alpha value is -2.42. The van der Waals surface area contributed by atoms with Crippen LogP contribution in [0, 0.1) is 5.92 Å². The van der Waals surface area contributed by atoms with Crippen LogP contribution in [0.3, 0.4) is 0 Å². The molecule has 1 aromatic carbocycles. The minimum atomic E-state index is -0.146. The lowest BCUT2D eigenvalue weighted by Gasteiger charge is -2.29. The zero-order chi connectivity index (χ0) is 19.2. The molecular formula is C18H24N6O2S. The third-order valence-electron chi connectivity index (χ3n) is 4.64. The second kappa shape index (κ2) is 8.98. The van der Waals surface area contributed by atoms with E-state index in [2.05, 4.69) is 33.1 Å². The predicted molar refractivity (Wildman–Crippen MR) is 104 cm³/mol. The smallest absolute Gasteiger partial charge is 0.230 e. The average molecular weight is 388 g/mol. The molecule has 0 saturated heterocycles. The first-order chi connectivity index (χ1) is 13.0. The van der Waals surface area contributed by atoms with Crippen molar-refractivity contribution in [1.29, 1.82) is 0 Å². The quantitative estimate of drug-likeness (QED) is 0.737. The maximum atomic E-state index is 12.3. The van der Waals surface area contributed by atoms with Crippen molar-refractivity contribution in [3.63, 3.8) is 0 Å². The van der Waals surface area contributed by atoms with Crippen LogP contribution in [-0.2, 0) is 9.59 Å². The van der Waals surface area contributed by atoms with Gasteiger partial charge in [0.05, 0.1) is 11.4 Å². The highest BCUT2D eigenvalue weighted by atomic mass is 32.2. The highest BCUT2D eigenvalue weighted by Crippen LogP contribution is 2.24. The summed E-state index contributed by atoms with van der Waals surface area (Å²) in [6.45, 7) is 3.65. The normalized spacial score (nSPS) is 19.5. The van der Waals surface area contributed by atoms with Crippen LogP contribution in [0.2, 0.25) is 0 Å². The van der Waals surface area contributed by atoms with Crippen LogP contribution in [0.15, 0.2) is 29.4 Å². The van der Waals surface area contributed by atoms with Gasteiger partial charge in [0, 0.05) is 18.7 Å². The molecule has 1 heterocycles. The van der Waals surface area contributed by atoms with Gasteiger partial charge < -0.3 is 10.6 Å². The molecule has 0 unspecified atom stereocenters. The zero-order valence-corrected chi connectivity index (χ0v) is 16.3. The molecule has 0 bridgehead atoms. The molecule has 2 amide bonds. The molecule has 27 heavy (non-hydrogen) atoms. The highest BCUT2D eigenvalue weighted by Gasteiger charge is 2.23. The van der Waals surface area contributed by atoms with Crippen molar-refractivity contribution in [3.8, 4) is 5.69 Å². The van der Waals surface area contributed by atoms with Crippen LogP contribution in [-0.4, -0.2) is 43.8 Å². The first-order valence-corrected chi connectivity index (χ1v) is 10.1. The van der Waals surface area contributed by atoms with E-state index in [4.69, 9.17) is 0 Å². The highest BCUT2D eigenvalue weighted by molar-refractivity contribution is 7.99. The number of rotatable bonds is 6. The molecule has 0 aliphatic heterocycles. The van der Waals surface area contributed by atoms with Gasteiger partial charge in [-0.15, -0.1) is 5.10 Å². The summed E-state index contributed by atoms with van der Waals surface area (Å²) >= 11 is 1.29. The van der Waals surface area contributed by atoms with Crippen LogP contribution in [0.5, 0.6) is 0 Å². The number of carbonyl (C=O) groups is 2. The number of benzene rings is 1. The largest absolute Gasteiger partial charge is 0.352 e. The molecule has 0 radical (unpaired) electrons. The van der Waals surface area contributed by atoms with E-state index in [-0.39, 0.29) is 23.6 Å². The summed E-state index contributed by atoms with van der Waals surface area (Å²) in [5.41, 5.74) is 1.38. The van der Waals surface area contributed by atoms with Crippen LogP contribution in [0.4, 0.5) is 5.69 Å². The van der Waals surface area contributed by atoms with E-state index in [0.29, 0.717) is 16.8 Å². The van der Waals surface area contributed by atoms with Gasteiger partial charge in [0.1, 0.15) is 0 Å². The van der Waals surface area contributed by atoms with Gasteiger partial charge in [-0.1, -0.05) is 37.6 Å². The molecule has 3 rings (SSSR count). The summed E-state index contributed by atoms with van der Waals surface area (Å²) < 4.78 is 1.56. The van der Waals surface area contributed by atoms with Crippen molar-refractivity contribution in [2.45, 2.75) is 50.7 Å². The number of nitrogens with one attached hydrogen (secondary N) is 2. The summed E-state index contributed by atoms with van der Waals surface area (Å²) in [6.07, 6.45) is 4.63. The second-order valence-electron chi connectivity index (χ2n) is 6.83. The Balaban J connectivity index is 1.62. The van der Waals surface area contributed by atoms with Crippen molar-refractivity contribution in [3.05, 3.63) is 24.3 Å². The Morgan fingerprint density at radius 3 is 2.89 bits per heavy atom. The van der Waals surface area contributed by atoms with E-state index < -0.39 is 0 Å². The molecule has 0 spiro atoms. The maximum Gasteiger partial charge on any atom is 0.230 e. The van der Waals surface area contributed by atoms with Crippen LogP contribution in [0.1, 0.15) is 39.5 Å². The summed E-state index contributed by atoms with van der Waals surface area (Å²) in [5.74, 6) is 0.636. The average Bonchev–Trinajstić information content (AvgIpc) is 3.10. The number of aromatic nitrogens is 4. The molecule has 1 saturated carbocycles. The number of carbonyl (C=O) groups excluding carboxylic acids is 2. The summed E-state index contributed by atoms with van der Waals surface area (Å²) in [4.78, 5) is 23.6. The topological polar surface area (TPSA) is 102 Å². The van der Waals surface area contributed by atoms with Gasteiger partial charge in [0.25, 0.3) is 0 Å². The second-order valence-corrected chi connectivity index (χ2v) is 7.77. The molecule has 1 aliphatic rings. The summed E-state index contributed by atoms with van der Waals surface area (Å²) in [6, 6.07) is 7.49. The number of anilines is 1. The predicted octanol–water partition coefficient (Wildman–Crippen LogP) is 2.41. The fourth-order valence-electron chi connectivity index (χ4n) is 3.26. The maximum absolute atomic E-state index is 12.3. The lowest BCUT2D eigenvalue weighted by molar-refractivity contribution is -0.119. The molecule has 144 valence electrons. The standard InChI is InChI=1S/C18H24N6O2S/c1-12-6-3-4-9-16(12)20-17(26)11-27-18-21-22-23-24(18)15-8-5-7-14(10-15)19-13(2)25/h5,7-8,10,12,16H,3-4,6,9,11H2,1-2H3,(H,19,25)(H,20,26)/t12-,16-/m1/s1. The molecule has 1 aromatic heterocycles. The van der Waals surface area contributed by atoms with Crippen LogP contribution < -0.4 is 10.6 Å². The van der Waals surface area contributed by atoms with Gasteiger partial charge in [0.15, 0.2) is 0 Å². The van der Waals surface area contributed by atoms with Crippen molar-refractivity contribution < 1.29 is 9.59 Å². The van der Waals surface area contributed by atoms with Crippen molar-refractivity contribution >= 4 is 29.3 Å². The van der Waals surface area contributed by atoms with Gasteiger partial charge in [0.2, 0.25) is 17.0 Å². The van der Waals surface area contributed by atoms with Gasteiger partial charge in [-0.25, -0.2) is 0 Å². The molecule has 1 fully saturated rings. The first-order valence-electron chi connectivity index (χ1n) is 9.11. The Morgan fingerprint density at radius 1 is 1.30 bits per heavy atom. The fourth-order valence-corrected chi connectivity index (χ4v) is 3.96. The van der Waals surface area contributed by atoms with Crippen LogP contribution >= 0.6 is 11.8 Å². The Bertz CT molecular complexity index is 809. The van der Waals surface area contributed by atoms with Crippen molar-refractivity contribution in [1.82, 2.24) is 25.5 Å². The van der Waals surface area contributed by atoms with Crippen molar-refractivity contribution in [2.24, 2.45) is 5.92 Å². The molecule has 2 atom stereocenters. The van der Waals surface area contributed by atoms with E-state index in [0.717, 1.165) is 12.1 Å². The zero-order valence-electron chi connectivity index (χ0n) is 15.5. The molecule has 2 N–H and O–H groups in total. The third kappa shape index (κ3) is 5.29. The third-order valence-corrected chi connectivity index (χ3v) is 5.56. The molecule has 8 nitrogen and oxygen atoms in total. The van der Waals surface area contributed by atoms with E-state index in [1.165, 1.54) is 37.9 Å². The number of hydrogen-bond donors (Lipinski definition) is 2. The molecule has 2 aromatic rings. The molecule has 1 aliphatic carbocycles. The lowest BCUT2D eigenvalue weighted by Crippen LogP contribution is -2.41. The van der Waals surface area contributed by atoms with E-state index in [1.807, 2.05) is 12.1 Å². The van der Waals surface area contributed by atoms with E-state index in [1.54, 1.807) is 16.8 Å². The number of nitrogens with zero attached hydrogens (tertiary/aromatic N) is 4. The van der Waals surface area contributed by atoms with Gasteiger partial charge in [-0.05, 0) is 47.4 Å². The SMILES string of the molecule is CC(=O)Nc1cccc(-n2nnnc2SCC(=O)N[C@@H]2CCCC[C@H]2C)c1. The minimum absolute atomic E-state index is 0.000275. The number of hydrogen-bond acceptors (Lipinski definition) is 6. The summed E-state index contributed by atoms with van der Waals surface area (Å²) in [5, 5.41) is 18.1. The lowest BCUT2D eigenvalue weighted by atomic mass is 9.86. The Kier molecular flexibility index (Phi) is 6.44. The van der Waals surface area contributed by atoms with Crippen molar-refractivity contribution in [2.75, 3.05) is 11.1 Å². The monoisotopic (exact) mass is 388 g/mol. The Labute approximate surface area is 162 Å². The Morgan fingerprint density at radius 2 is 2.11 bits per heavy atom. The van der Waals surface area contributed by atoms with Gasteiger partial charge in [-0.2, -0.15) is 4.68 Å². The van der Waals surface area contributed by atoms with E-state index in [9.17, 15) is 9.59 Å². The van der Waals surface area contributed by atoms with Crippen LogP contribution in [0.25, 0.3) is 5.69 Å². The number of thioether (sulfide) groups is 1. The fraction of sp³-hybridized carbons (Fsp3) is 0.500. The van der Waals surface area contributed by atoms with Gasteiger partial charge >= 0.3 is 0 Å². The number of amides is 2. The number of tetrazole rings is 1. The summed E-state index contributed by atoms with van der Waals surface area (Å²) in [7, 11) is 0. The first kappa shape index (κ1) is 19.3. The molecular weight excluding hydrogens is 364 g/mol.